The van der Waals surface area contributed by atoms with Gasteiger partial charge in [0, 0.05) is 17.9 Å². The number of hydrogen-bond acceptors (Lipinski definition) is 5. The maximum Gasteiger partial charge on any atom is 0.334 e. The molecule has 0 radical (unpaired) electrons. The second kappa shape index (κ2) is 8.48. The van der Waals surface area contributed by atoms with Crippen LogP contribution in [-0.2, 0) is 19.1 Å². The Labute approximate surface area is 149 Å². The Bertz CT molecular complexity index is 601. The molecule has 1 saturated heterocycles. The highest BCUT2D eigenvalue weighted by Gasteiger charge is 2.40. The van der Waals surface area contributed by atoms with Gasteiger partial charge in [0.1, 0.15) is 12.7 Å². The quantitative estimate of drug-likeness (QED) is 0.480. The molecule has 0 amide bonds. The van der Waals surface area contributed by atoms with Gasteiger partial charge in [0.2, 0.25) is 0 Å². The number of allylic oxidation sites excluding steroid dienone is 2. The van der Waals surface area contributed by atoms with Gasteiger partial charge in [0.15, 0.2) is 0 Å². The molecule has 0 spiro atoms. The predicted octanol–water partition coefficient (Wildman–Crippen LogP) is 3.09. The molecule has 0 aromatic rings. The lowest BCUT2D eigenvalue weighted by atomic mass is 9.85. The minimum atomic E-state index is -0.796. The van der Waals surface area contributed by atoms with E-state index in [1.165, 1.54) is 0 Å². The summed E-state index contributed by atoms with van der Waals surface area (Å²) in [5.41, 5.74) is 2.20. The molecule has 0 bridgehead atoms. The normalized spacial score (nSPS) is 32.6. The van der Waals surface area contributed by atoms with E-state index in [2.05, 4.69) is 6.58 Å². The first-order valence-corrected chi connectivity index (χ1v) is 8.92. The molecule has 1 N–H and O–H groups in total. The summed E-state index contributed by atoms with van der Waals surface area (Å²) in [5, 5.41) is 10.6. The van der Waals surface area contributed by atoms with Crippen molar-refractivity contribution in [2.45, 2.75) is 58.7 Å². The second-order valence-corrected chi connectivity index (χ2v) is 7.01. The number of aliphatic hydroxyl groups is 1. The van der Waals surface area contributed by atoms with Crippen molar-refractivity contribution >= 4 is 11.9 Å². The number of carbonyl (C=O) groups excluding carboxylic acids is 2. The van der Waals surface area contributed by atoms with E-state index in [0.29, 0.717) is 36.8 Å². The molecule has 0 aromatic carbocycles. The first kappa shape index (κ1) is 19.4. The van der Waals surface area contributed by atoms with E-state index < -0.39 is 6.10 Å². The first-order valence-electron chi connectivity index (χ1n) is 8.92. The molecule has 5 heteroatoms. The van der Waals surface area contributed by atoms with Crippen LogP contribution in [0.3, 0.4) is 0 Å². The summed E-state index contributed by atoms with van der Waals surface area (Å²) in [6.45, 7) is 9.65. The molecule has 0 saturated carbocycles. The van der Waals surface area contributed by atoms with Crippen LogP contribution in [0.15, 0.2) is 35.5 Å². The number of fused-ring (bicyclic) bond motifs is 1. The van der Waals surface area contributed by atoms with Crippen LogP contribution in [0.2, 0.25) is 0 Å². The van der Waals surface area contributed by atoms with Gasteiger partial charge in [-0.1, -0.05) is 38.2 Å². The van der Waals surface area contributed by atoms with Gasteiger partial charge in [0.25, 0.3) is 0 Å². The summed E-state index contributed by atoms with van der Waals surface area (Å²) in [5.74, 6) is -1.04. The molecule has 0 aromatic heterocycles. The van der Waals surface area contributed by atoms with Gasteiger partial charge in [-0.15, -0.1) is 0 Å². The fraction of sp³-hybridized carbons (Fsp3) is 0.600. The predicted molar refractivity (Wildman–Crippen MR) is 94.6 cm³/mol. The average Bonchev–Trinajstić information content (AvgIpc) is 2.83. The lowest BCUT2D eigenvalue weighted by Gasteiger charge is -2.24. The largest absolute Gasteiger partial charge is 0.461 e. The van der Waals surface area contributed by atoms with Crippen molar-refractivity contribution in [1.82, 2.24) is 0 Å². The highest BCUT2D eigenvalue weighted by molar-refractivity contribution is 5.90. The molecule has 25 heavy (non-hydrogen) atoms. The molecular weight excluding hydrogens is 320 g/mol. The molecule has 1 aliphatic heterocycles. The van der Waals surface area contributed by atoms with Crippen molar-refractivity contribution in [3.63, 3.8) is 0 Å². The van der Waals surface area contributed by atoms with Gasteiger partial charge < -0.3 is 14.6 Å². The Balaban J connectivity index is 2.14. The number of carbonyl (C=O) groups is 2. The Morgan fingerprint density at radius 2 is 2.20 bits per heavy atom. The fourth-order valence-electron chi connectivity index (χ4n) is 3.11. The van der Waals surface area contributed by atoms with Crippen LogP contribution in [-0.4, -0.2) is 35.9 Å². The maximum atomic E-state index is 11.9. The molecule has 1 aliphatic carbocycles. The molecule has 2 rings (SSSR count). The van der Waals surface area contributed by atoms with Crippen LogP contribution in [0.4, 0.5) is 0 Å². The zero-order valence-electron chi connectivity index (χ0n) is 15.3. The number of aliphatic hydroxyl groups excluding tert-OH is 1. The highest BCUT2D eigenvalue weighted by Crippen LogP contribution is 2.35. The lowest BCUT2D eigenvalue weighted by Crippen LogP contribution is -2.26. The van der Waals surface area contributed by atoms with Crippen molar-refractivity contribution in [1.29, 1.82) is 0 Å². The van der Waals surface area contributed by atoms with E-state index in [0.717, 1.165) is 5.57 Å². The van der Waals surface area contributed by atoms with E-state index in [-0.39, 0.29) is 36.5 Å². The summed E-state index contributed by atoms with van der Waals surface area (Å²) < 4.78 is 10.8. The number of ether oxygens (including phenoxy) is 2. The molecular formula is C20H28O5. The van der Waals surface area contributed by atoms with Crippen molar-refractivity contribution in [3.8, 4) is 0 Å². The van der Waals surface area contributed by atoms with Gasteiger partial charge in [-0.05, 0) is 31.8 Å². The molecule has 2 aliphatic rings. The second-order valence-electron chi connectivity index (χ2n) is 7.01. The van der Waals surface area contributed by atoms with E-state index in [9.17, 15) is 14.7 Å². The SMILES string of the molecule is C=C1C(=O)O[C@H]2C/C(C)=C/C/C=C(/COC(=O)[C@H](C)CC)[C@H](O)C[C@H]12. The maximum absolute atomic E-state index is 11.9. The van der Waals surface area contributed by atoms with Crippen molar-refractivity contribution in [2.24, 2.45) is 11.8 Å². The average molecular weight is 348 g/mol. The Morgan fingerprint density at radius 3 is 2.88 bits per heavy atom. The van der Waals surface area contributed by atoms with Crippen molar-refractivity contribution in [3.05, 3.63) is 35.5 Å². The third-order valence-corrected chi connectivity index (χ3v) is 5.09. The third-order valence-electron chi connectivity index (χ3n) is 5.09. The van der Waals surface area contributed by atoms with Crippen LogP contribution in [0.25, 0.3) is 0 Å². The summed E-state index contributed by atoms with van der Waals surface area (Å²) in [6.07, 6.45) is 5.21. The summed E-state index contributed by atoms with van der Waals surface area (Å²) >= 11 is 0. The third kappa shape index (κ3) is 4.82. The monoisotopic (exact) mass is 348 g/mol. The molecule has 1 fully saturated rings. The molecule has 5 nitrogen and oxygen atoms in total. The smallest absolute Gasteiger partial charge is 0.334 e. The zero-order valence-corrected chi connectivity index (χ0v) is 15.3. The first-order chi connectivity index (χ1) is 11.8. The van der Waals surface area contributed by atoms with Gasteiger partial charge in [-0.2, -0.15) is 0 Å². The molecule has 0 unspecified atom stereocenters. The van der Waals surface area contributed by atoms with Crippen LogP contribution >= 0.6 is 0 Å². The van der Waals surface area contributed by atoms with Crippen LogP contribution in [0.5, 0.6) is 0 Å². The summed E-state index contributed by atoms with van der Waals surface area (Å²) in [6, 6.07) is 0. The molecule has 1 heterocycles. The Morgan fingerprint density at radius 1 is 1.48 bits per heavy atom. The summed E-state index contributed by atoms with van der Waals surface area (Å²) in [4.78, 5) is 23.8. The van der Waals surface area contributed by atoms with Crippen molar-refractivity contribution < 1.29 is 24.2 Å². The molecule has 4 atom stereocenters. The van der Waals surface area contributed by atoms with E-state index >= 15 is 0 Å². The fourth-order valence-corrected chi connectivity index (χ4v) is 3.11. The van der Waals surface area contributed by atoms with Gasteiger partial charge in [0.05, 0.1) is 12.0 Å². The Kier molecular flexibility index (Phi) is 6.59. The lowest BCUT2D eigenvalue weighted by molar-refractivity contribution is -0.147. The zero-order chi connectivity index (χ0) is 18.6. The minimum Gasteiger partial charge on any atom is -0.461 e. The Hall–Kier alpha value is -1.88. The van der Waals surface area contributed by atoms with Gasteiger partial charge in [-0.25, -0.2) is 4.79 Å². The topological polar surface area (TPSA) is 72.8 Å². The number of rotatable bonds is 4. The van der Waals surface area contributed by atoms with Gasteiger partial charge >= 0.3 is 11.9 Å². The van der Waals surface area contributed by atoms with Crippen LogP contribution in [0.1, 0.15) is 46.5 Å². The van der Waals surface area contributed by atoms with E-state index in [1.807, 2.05) is 32.9 Å². The van der Waals surface area contributed by atoms with E-state index in [4.69, 9.17) is 9.47 Å². The minimum absolute atomic E-state index is 0.0654. The number of hydrogen-bond donors (Lipinski definition) is 1. The van der Waals surface area contributed by atoms with Gasteiger partial charge in [-0.3, -0.25) is 4.79 Å². The van der Waals surface area contributed by atoms with Crippen LogP contribution in [0, 0.1) is 11.8 Å². The summed E-state index contributed by atoms with van der Waals surface area (Å²) in [7, 11) is 0. The van der Waals surface area contributed by atoms with Crippen LogP contribution < -0.4 is 0 Å². The number of esters is 2. The molecule has 138 valence electrons. The standard InChI is InChI=1S/C20H28O5/c1-5-13(3)19(22)24-11-15-8-6-7-12(2)9-18-16(10-17(15)21)14(4)20(23)25-18/h7-8,13,16-18,21H,4-6,9-11H2,1-3H3/b12-7+,15-8-/t13-,16-,17-,18+/m1/s1. The van der Waals surface area contributed by atoms with E-state index in [1.54, 1.807) is 0 Å². The highest BCUT2D eigenvalue weighted by atomic mass is 16.6. The van der Waals surface area contributed by atoms with Crippen molar-refractivity contribution in [2.75, 3.05) is 6.61 Å².